The van der Waals surface area contributed by atoms with Crippen molar-refractivity contribution in [3.8, 4) is 0 Å². The Morgan fingerprint density at radius 3 is 2.47 bits per heavy atom. The highest BCUT2D eigenvalue weighted by Gasteiger charge is 2.06. The lowest BCUT2D eigenvalue weighted by atomic mass is 10.0. The molecule has 15 heavy (non-hydrogen) atoms. The van der Waals surface area contributed by atoms with E-state index in [0.717, 1.165) is 24.3 Å². The van der Waals surface area contributed by atoms with E-state index in [4.69, 9.17) is 29.0 Å². The maximum Gasteiger partial charge on any atom is 0.0406 e. The Balaban J connectivity index is 2.47. The van der Waals surface area contributed by atoms with Crippen LogP contribution in [0.2, 0.25) is 5.02 Å². The molecule has 84 valence electrons. The molecule has 0 heterocycles. The number of nitrogens with one attached hydrogen (secondary N) is 1. The lowest BCUT2D eigenvalue weighted by Crippen LogP contribution is -2.36. The van der Waals surface area contributed by atoms with E-state index >= 15 is 0 Å². The van der Waals surface area contributed by atoms with Crippen LogP contribution in [0.25, 0.3) is 0 Å². The summed E-state index contributed by atoms with van der Waals surface area (Å²) in [6.07, 6.45) is 2.87. The van der Waals surface area contributed by atoms with Crippen LogP contribution in [0.15, 0.2) is 24.3 Å². The highest BCUT2D eigenvalue weighted by Crippen LogP contribution is 2.12. The molecule has 0 radical (unpaired) electrons. The van der Waals surface area contributed by atoms with Crippen molar-refractivity contribution in [3.63, 3.8) is 0 Å². The van der Waals surface area contributed by atoms with Gasteiger partial charge in [-0.3, -0.25) is 11.3 Å². The molecule has 1 atom stereocenters. The molecule has 0 saturated carbocycles. The summed E-state index contributed by atoms with van der Waals surface area (Å²) >= 11 is 11.4. The van der Waals surface area contributed by atoms with Crippen molar-refractivity contribution < 1.29 is 0 Å². The van der Waals surface area contributed by atoms with Crippen molar-refractivity contribution in [2.24, 2.45) is 5.84 Å². The van der Waals surface area contributed by atoms with Crippen molar-refractivity contribution in [1.29, 1.82) is 0 Å². The lowest BCUT2D eigenvalue weighted by Gasteiger charge is -2.15. The van der Waals surface area contributed by atoms with E-state index in [2.05, 4.69) is 5.43 Å². The molecule has 4 heteroatoms. The molecule has 0 amide bonds. The standard InChI is InChI=1S/C11H16Cl2N2/c12-7-1-2-11(15-14)8-9-3-5-10(13)6-4-9/h3-6,11,15H,1-2,7-8,14H2. The molecule has 3 N–H and O–H groups in total. The topological polar surface area (TPSA) is 38.0 Å². The van der Waals surface area contributed by atoms with Crippen molar-refractivity contribution in [2.45, 2.75) is 25.3 Å². The third kappa shape index (κ3) is 4.85. The summed E-state index contributed by atoms with van der Waals surface area (Å²) in [5, 5.41) is 0.761. The molecule has 1 aromatic rings. The molecule has 1 unspecified atom stereocenters. The fourth-order valence-electron chi connectivity index (χ4n) is 1.47. The van der Waals surface area contributed by atoms with Crippen molar-refractivity contribution in [1.82, 2.24) is 5.43 Å². The molecule has 1 aromatic carbocycles. The number of alkyl halides is 1. The molecule has 0 aliphatic heterocycles. The molecule has 0 aromatic heterocycles. The summed E-state index contributed by atoms with van der Waals surface area (Å²) in [5.41, 5.74) is 4.04. The van der Waals surface area contributed by atoms with Gasteiger partial charge in [-0.15, -0.1) is 11.6 Å². The SMILES string of the molecule is NNC(CCCCl)Cc1ccc(Cl)cc1. The molecule has 0 bridgehead atoms. The van der Waals surface area contributed by atoms with Gasteiger partial charge in [-0.05, 0) is 37.0 Å². The predicted molar refractivity (Wildman–Crippen MR) is 66.2 cm³/mol. The Hall–Kier alpha value is -0.280. The lowest BCUT2D eigenvalue weighted by molar-refractivity contribution is 0.487. The van der Waals surface area contributed by atoms with Crippen LogP contribution in [0.1, 0.15) is 18.4 Å². The Morgan fingerprint density at radius 2 is 1.93 bits per heavy atom. The quantitative estimate of drug-likeness (QED) is 0.461. The summed E-state index contributed by atoms with van der Waals surface area (Å²) in [6, 6.07) is 8.11. The number of benzene rings is 1. The second kappa shape index (κ2) is 7.07. The first-order chi connectivity index (χ1) is 7.26. The third-order valence-corrected chi connectivity index (χ3v) is 2.84. The van der Waals surface area contributed by atoms with Gasteiger partial charge in [-0.2, -0.15) is 0 Å². The molecule has 0 saturated heterocycles. The predicted octanol–water partition coefficient (Wildman–Crippen LogP) is 2.73. The minimum absolute atomic E-state index is 0.282. The van der Waals surface area contributed by atoms with Crippen LogP contribution in [0.4, 0.5) is 0 Å². The third-order valence-electron chi connectivity index (χ3n) is 2.32. The molecule has 0 aliphatic rings. The fraction of sp³-hybridized carbons (Fsp3) is 0.455. The number of hydrogen-bond acceptors (Lipinski definition) is 2. The molecule has 0 fully saturated rings. The normalized spacial score (nSPS) is 12.7. The van der Waals surface area contributed by atoms with Gasteiger partial charge in [0.1, 0.15) is 0 Å². The second-order valence-electron chi connectivity index (χ2n) is 3.53. The van der Waals surface area contributed by atoms with Gasteiger partial charge in [-0.25, -0.2) is 0 Å². The van der Waals surface area contributed by atoms with Gasteiger partial charge in [0.2, 0.25) is 0 Å². The summed E-state index contributed by atoms with van der Waals surface area (Å²) in [6.45, 7) is 0. The summed E-state index contributed by atoms with van der Waals surface area (Å²) < 4.78 is 0. The minimum atomic E-state index is 0.282. The van der Waals surface area contributed by atoms with Crippen LogP contribution < -0.4 is 11.3 Å². The average Bonchev–Trinajstić information content (AvgIpc) is 2.27. The van der Waals surface area contributed by atoms with E-state index in [0.29, 0.717) is 5.88 Å². The van der Waals surface area contributed by atoms with Crippen LogP contribution in [0, 0.1) is 0 Å². The number of nitrogens with two attached hydrogens (primary N) is 1. The monoisotopic (exact) mass is 246 g/mol. The maximum atomic E-state index is 5.81. The Bertz CT molecular complexity index is 274. The van der Waals surface area contributed by atoms with Gasteiger partial charge in [-0.1, -0.05) is 23.7 Å². The van der Waals surface area contributed by atoms with E-state index in [1.54, 1.807) is 0 Å². The number of hydrazine groups is 1. The van der Waals surface area contributed by atoms with Gasteiger partial charge in [0.15, 0.2) is 0 Å². The van der Waals surface area contributed by atoms with Crippen LogP contribution >= 0.6 is 23.2 Å². The average molecular weight is 247 g/mol. The summed E-state index contributed by atoms with van der Waals surface area (Å²) in [5.74, 6) is 6.15. The minimum Gasteiger partial charge on any atom is -0.271 e. The van der Waals surface area contributed by atoms with E-state index in [9.17, 15) is 0 Å². The number of halogens is 2. The Morgan fingerprint density at radius 1 is 1.27 bits per heavy atom. The van der Waals surface area contributed by atoms with Crippen molar-refractivity contribution in [3.05, 3.63) is 34.9 Å². The van der Waals surface area contributed by atoms with Gasteiger partial charge in [0.05, 0.1) is 0 Å². The first-order valence-electron chi connectivity index (χ1n) is 5.03. The van der Waals surface area contributed by atoms with E-state index < -0.39 is 0 Å². The van der Waals surface area contributed by atoms with E-state index in [-0.39, 0.29) is 6.04 Å². The molecular weight excluding hydrogens is 231 g/mol. The fourth-order valence-corrected chi connectivity index (χ4v) is 1.75. The number of rotatable bonds is 6. The summed E-state index contributed by atoms with van der Waals surface area (Å²) in [4.78, 5) is 0. The Labute approximate surface area is 101 Å². The van der Waals surface area contributed by atoms with Gasteiger partial charge < -0.3 is 0 Å². The zero-order chi connectivity index (χ0) is 11.1. The molecule has 0 spiro atoms. The van der Waals surface area contributed by atoms with Crippen molar-refractivity contribution in [2.75, 3.05) is 5.88 Å². The van der Waals surface area contributed by atoms with Crippen LogP contribution in [-0.4, -0.2) is 11.9 Å². The second-order valence-corrected chi connectivity index (χ2v) is 4.34. The molecular formula is C11H16Cl2N2. The van der Waals surface area contributed by atoms with Crippen molar-refractivity contribution >= 4 is 23.2 Å². The summed E-state index contributed by atoms with van der Waals surface area (Å²) in [7, 11) is 0. The smallest absolute Gasteiger partial charge is 0.0406 e. The van der Waals surface area contributed by atoms with E-state index in [1.807, 2.05) is 24.3 Å². The first kappa shape index (κ1) is 12.8. The van der Waals surface area contributed by atoms with Crippen LogP contribution in [0.5, 0.6) is 0 Å². The zero-order valence-electron chi connectivity index (χ0n) is 8.55. The zero-order valence-corrected chi connectivity index (χ0v) is 10.1. The first-order valence-corrected chi connectivity index (χ1v) is 5.94. The Kier molecular flexibility index (Phi) is 6.03. The van der Waals surface area contributed by atoms with Gasteiger partial charge >= 0.3 is 0 Å². The molecule has 1 rings (SSSR count). The van der Waals surface area contributed by atoms with Gasteiger partial charge in [0, 0.05) is 16.9 Å². The van der Waals surface area contributed by atoms with E-state index in [1.165, 1.54) is 5.56 Å². The number of hydrogen-bond donors (Lipinski definition) is 2. The van der Waals surface area contributed by atoms with Gasteiger partial charge in [0.25, 0.3) is 0 Å². The maximum absolute atomic E-state index is 5.81. The van der Waals surface area contributed by atoms with Crippen LogP contribution in [0.3, 0.4) is 0 Å². The molecule has 2 nitrogen and oxygen atoms in total. The molecule has 0 aliphatic carbocycles. The highest BCUT2D eigenvalue weighted by molar-refractivity contribution is 6.30. The van der Waals surface area contributed by atoms with Crippen LogP contribution in [-0.2, 0) is 6.42 Å². The largest absolute Gasteiger partial charge is 0.271 e. The highest BCUT2D eigenvalue weighted by atomic mass is 35.5.